The first-order chi connectivity index (χ1) is 17.9. The Kier molecular flexibility index (Phi) is 8.94. The van der Waals surface area contributed by atoms with Crippen LogP contribution in [-0.4, -0.2) is 41.1 Å². The second kappa shape index (κ2) is 12.3. The molecule has 0 radical (unpaired) electrons. The largest absolute Gasteiger partial charge is 0.496 e. The van der Waals surface area contributed by atoms with Gasteiger partial charge in [0.2, 0.25) is 11.1 Å². The fourth-order valence-electron chi connectivity index (χ4n) is 3.79. The Morgan fingerprint density at radius 3 is 2.70 bits per heavy atom. The number of rotatable bonds is 11. The number of carbonyl (C=O) groups excluding carboxylic acids is 1. The van der Waals surface area contributed by atoms with Crippen molar-refractivity contribution >= 4 is 40.4 Å². The first kappa shape index (κ1) is 26.8. The van der Waals surface area contributed by atoms with Gasteiger partial charge in [-0.05, 0) is 35.9 Å². The van der Waals surface area contributed by atoms with Crippen molar-refractivity contribution in [2.75, 3.05) is 19.4 Å². The minimum atomic E-state index is -0.596. The third-order valence-corrected chi connectivity index (χ3v) is 7.14. The number of pyridine rings is 1. The average molecular weight is 542 g/mol. The fraction of sp³-hybridized carbons (Fsp3) is 0.259. The maximum Gasteiger partial charge on any atom is 0.257 e. The molecule has 1 amide bonds. The van der Waals surface area contributed by atoms with Crippen molar-refractivity contribution in [3.8, 4) is 5.75 Å². The number of aliphatic hydroxyl groups excluding tert-OH is 1. The van der Waals surface area contributed by atoms with Gasteiger partial charge in [-0.15, -0.1) is 11.8 Å². The van der Waals surface area contributed by atoms with Crippen LogP contribution in [-0.2, 0) is 20.1 Å². The van der Waals surface area contributed by atoms with E-state index in [1.807, 2.05) is 36.4 Å². The summed E-state index contributed by atoms with van der Waals surface area (Å²) in [5, 5.41) is 17.2. The smallest absolute Gasteiger partial charge is 0.257 e. The van der Waals surface area contributed by atoms with E-state index in [0.717, 1.165) is 16.2 Å². The summed E-state index contributed by atoms with van der Waals surface area (Å²) in [5.74, 6) is 1.33. The van der Waals surface area contributed by atoms with E-state index >= 15 is 0 Å². The molecular weight excluding hydrogens is 514 g/mol. The van der Waals surface area contributed by atoms with E-state index in [1.54, 1.807) is 36.9 Å². The minimum absolute atomic E-state index is 0.0352. The van der Waals surface area contributed by atoms with Crippen LogP contribution in [0.3, 0.4) is 0 Å². The zero-order valence-electron chi connectivity index (χ0n) is 20.5. The molecule has 0 saturated carbocycles. The molecule has 194 valence electrons. The van der Waals surface area contributed by atoms with Gasteiger partial charge in [-0.25, -0.2) is 0 Å². The standard InChI is InChI=1S/C27H28ClN3O5S/c1-31-15-22(26(34)30-12-17-7-9-18(28)10-8-17)25(33)21-11-20(36-27(21)31)14-29-13-19(32)16-37-24-6-4-3-5-23(24)35-2/h3-11,15,19,29,32H,12-14,16H2,1-2H3,(H,30,34). The number of amides is 1. The fourth-order valence-corrected chi connectivity index (χ4v) is 4.87. The summed E-state index contributed by atoms with van der Waals surface area (Å²) in [7, 11) is 3.34. The van der Waals surface area contributed by atoms with Crippen molar-refractivity contribution < 1.29 is 19.1 Å². The molecule has 2 aromatic heterocycles. The number of aromatic nitrogens is 1. The highest BCUT2D eigenvalue weighted by molar-refractivity contribution is 7.99. The normalized spacial score (nSPS) is 12.0. The molecular formula is C27H28ClN3O5S. The zero-order valence-corrected chi connectivity index (χ0v) is 22.1. The van der Waals surface area contributed by atoms with E-state index in [1.165, 1.54) is 18.0 Å². The minimum Gasteiger partial charge on any atom is -0.496 e. The maximum atomic E-state index is 13.0. The molecule has 4 aromatic rings. The number of halogens is 1. The van der Waals surface area contributed by atoms with Crippen molar-refractivity contribution in [1.82, 2.24) is 15.2 Å². The Hall–Kier alpha value is -3.24. The average Bonchev–Trinajstić information content (AvgIpc) is 3.34. The van der Waals surface area contributed by atoms with Crippen LogP contribution in [0.25, 0.3) is 11.1 Å². The van der Waals surface area contributed by atoms with Crippen LogP contribution in [0.5, 0.6) is 5.75 Å². The summed E-state index contributed by atoms with van der Waals surface area (Å²) in [6.45, 7) is 0.936. The van der Waals surface area contributed by atoms with Gasteiger partial charge in [-0.3, -0.25) is 9.59 Å². The van der Waals surface area contributed by atoms with Crippen molar-refractivity contribution in [3.63, 3.8) is 0 Å². The Bertz CT molecular complexity index is 1430. The molecule has 0 fully saturated rings. The molecule has 0 bridgehead atoms. The van der Waals surface area contributed by atoms with Gasteiger partial charge in [0.25, 0.3) is 5.91 Å². The van der Waals surface area contributed by atoms with Gasteiger partial charge in [0.05, 0.1) is 25.1 Å². The number of nitrogens with zero attached hydrogens (tertiary/aromatic N) is 1. The first-order valence-electron chi connectivity index (χ1n) is 11.6. The highest BCUT2D eigenvalue weighted by Crippen LogP contribution is 2.29. The number of methoxy groups -OCH3 is 1. The van der Waals surface area contributed by atoms with E-state index in [4.69, 9.17) is 20.8 Å². The van der Waals surface area contributed by atoms with Gasteiger partial charge in [-0.2, -0.15) is 0 Å². The molecule has 2 heterocycles. The highest BCUT2D eigenvalue weighted by atomic mass is 35.5. The topological polar surface area (TPSA) is 106 Å². The molecule has 0 aliphatic carbocycles. The van der Waals surface area contributed by atoms with E-state index in [0.29, 0.717) is 40.7 Å². The van der Waals surface area contributed by atoms with Crippen LogP contribution in [0.1, 0.15) is 21.7 Å². The molecule has 0 saturated heterocycles. The molecule has 10 heteroatoms. The van der Waals surface area contributed by atoms with Crippen LogP contribution in [0.2, 0.25) is 5.02 Å². The van der Waals surface area contributed by atoms with E-state index in [9.17, 15) is 14.7 Å². The number of furan rings is 1. The molecule has 0 aliphatic heterocycles. The van der Waals surface area contributed by atoms with Crippen LogP contribution in [0.15, 0.2) is 74.9 Å². The molecule has 8 nitrogen and oxygen atoms in total. The van der Waals surface area contributed by atoms with E-state index in [-0.39, 0.29) is 12.1 Å². The summed E-state index contributed by atoms with van der Waals surface area (Å²) >= 11 is 7.41. The molecule has 37 heavy (non-hydrogen) atoms. The number of para-hydroxylation sites is 1. The monoisotopic (exact) mass is 541 g/mol. The Morgan fingerprint density at radius 2 is 1.95 bits per heavy atom. The van der Waals surface area contributed by atoms with E-state index < -0.39 is 17.4 Å². The number of benzene rings is 2. The van der Waals surface area contributed by atoms with Crippen LogP contribution < -0.4 is 20.8 Å². The Balaban J connectivity index is 1.35. The summed E-state index contributed by atoms with van der Waals surface area (Å²) in [4.78, 5) is 26.7. The Morgan fingerprint density at radius 1 is 1.19 bits per heavy atom. The van der Waals surface area contributed by atoms with E-state index in [2.05, 4.69) is 10.6 Å². The van der Waals surface area contributed by atoms with Gasteiger partial charge in [-0.1, -0.05) is 35.9 Å². The number of aliphatic hydroxyl groups is 1. The lowest BCUT2D eigenvalue weighted by Crippen LogP contribution is -2.29. The highest BCUT2D eigenvalue weighted by Gasteiger charge is 2.18. The molecule has 2 aromatic carbocycles. The second-order valence-electron chi connectivity index (χ2n) is 8.47. The molecule has 1 atom stereocenters. The summed E-state index contributed by atoms with van der Waals surface area (Å²) in [6, 6.07) is 16.4. The predicted molar refractivity (Wildman–Crippen MR) is 146 cm³/mol. The number of hydrogen-bond acceptors (Lipinski definition) is 7. The molecule has 0 aliphatic rings. The maximum absolute atomic E-state index is 13.0. The van der Waals surface area contributed by atoms with Gasteiger partial charge in [0, 0.05) is 42.0 Å². The van der Waals surface area contributed by atoms with Crippen molar-refractivity contribution in [2.24, 2.45) is 7.05 Å². The molecule has 1 unspecified atom stereocenters. The lowest BCUT2D eigenvalue weighted by atomic mass is 10.2. The number of hydrogen-bond donors (Lipinski definition) is 3. The Labute approximate surface area is 223 Å². The van der Waals surface area contributed by atoms with Crippen LogP contribution in [0.4, 0.5) is 0 Å². The predicted octanol–water partition coefficient (Wildman–Crippen LogP) is 3.97. The molecule has 4 rings (SSSR count). The van der Waals surface area contributed by atoms with Gasteiger partial charge < -0.3 is 29.5 Å². The number of nitrogens with one attached hydrogen (secondary N) is 2. The third kappa shape index (κ3) is 6.75. The third-order valence-electron chi connectivity index (χ3n) is 5.69. The van der Waals surface area contributed by atoms with Crippen molar-refractivity contribution in [2.45, 2.75) is 24.1 Å². The summed E-state index contributed by atoms with van der Waals surface area (Å²) < 4.78 is 12.8. The number of thioether (sulfide) groups is 1. The van der Waals surface area contributed by atoms with Crippen LogP contribution in [0, 0.1) is 0 Å². The van der Waals surface area contributed by atoms with Crippen molar-refractivity contribution in [3.05, 3.63) is 92.9 Å². The molecule has 0 spiro atoms. The van der Waals surface area contributed by atoms with Crippen LogP contribution >= 0.6 is 23.4 Å². The van der Waals surface area contributed by atoms with Gasteiger partial charge in [0.1, 0.15) is 17.1 Å². The lowest BCUT2D eigenvalue weighted by molar-refractivity contribution is 0.0949. The summed E-state index contributed by atoms with van der Waals surface area (Å²) in [5.41, 5.74) is 0.886. The number of fused-ring (bicyclic) bond motifs is 1. The lowest BCUT2D eigenvalue weighted by Gasteiger charge is -2.12. The SMILES string of the molecule is COc1ccccc1SCC(O)CNCc1cc2c(=O)c(C(=O)NCc3ccc(Cl)cc3)cn(C)c2o1. The van der Waals surface area contributed by atoms with Crippen molar-refractivity contribution in [1.29, 1.82) is 0 Å². The first-order valence-corrected chi connectivity index (χ1v) is 13.0. The number of ether oxygens (including phenoxy) is 1. The van der Waals surface area contributed by atoms with Gasteiger partial charge in [0.15, 0.2) is 0 Å². The summed E-state index contributed by atoms with van der Waals surface area (Å²) in [6.07, 6.45) is 0.878. The second-order valence-corrected chi connectivity index (χ2v) is 9.97. The zero-order chi connectivity index (χ0) is 26.4. The van der Waals surface area contributed by atoms with Gasteiger partial charge >= 0.3 is 0 Å². The quantitative estimate of drug-likeness (QED) is 0.247. The number of aryl methyl sites for hydroxylation is 1. The molecule has 3 N–H and O–H groups in total. The number of carbonyl (C=O) groups is 1.